The van der Waals surface area contributed by atoms with Crippen LogP contribution < -0.4 is 11.1 Å². The number of aromatic nitrogens is 2. The number of likely N-dealkylation sites (tertiary alicyclic amines) is 1. The van der Waals surface area contributed by atoms with E-state index in [1.807, 2.05) is 13.1 Å². The molecular weight excluding hydrogens is 459 g/mol. The molecule has 4 amide bonds. The first-order chi connectivity index (χ1) is 15.9. The maximum Gasteiger partial charge on any atom is 0.490 e. The number of nitrogens with two attached hydrogens (primary N) is 1. The third-order valence-electron chi connectivity index (χ3n) is 5.99. The Bertz CT molecular complexity index is 1120. The fourth-order valence-electron chi connectivity index (χ4n) is 4.20. The first kappa shape index (κ1) is 25.0. The summed E-state index contributed by atoms with van der Waals surface area (Å²) in [6.45, 7) is 1.34. The number of halogens is 3. The van der Waals surface area contributed by atoms with E-state index in [0.29, 0.717) is 31.8 Å². The van der Waals surface area contributed by atoms with Crippen LogP contribution in [0.2, 0.25) is 0 Å². The van der Waals surface area contributed by atoms with Crippen molar-refractivity contribution in [3.63, 3.8) is 0 Å². The Morgan fingerprint density at radius 1 is 1.18 bits per heavy atom. The molecular formula is C21H24F3N5O5. The van der Waals surface area contributed by atoms with Gasteiger partial charge in [0.2, 0.25) is 11.8 Å². The van der Waals surface area contributed by atoms with Crippen molar-refractivity contribution in [1.29, 1.82) is 0 Å². The van der Waals surface area contributed by atoms with Crippen LogP contribution in [0.15, 0.2) is 18.2 Å². The number of alkyl halides is 3. The van der Waals surface area contributed by atoms with Gasteiger partial charge in [-0.15, -0.1) is 0 Å². The van der Waals surface area contributed by atoms with Crippen LogP contribution in [0.25, 0.3) is 10.9 Å². The molecule has 2 aromatic rings. The Kier molecular flexibility index (Phi) is 7.12. The SMILES string of the molecule is Cn1nc(C2CCC(=O)NC2=O)c2ccc(C3CCN(C(N)=O)CC3)cc21.O=C(O)C(F)(F)F. The van der Waals surface area contributed by atoms with Gasteiger partial charge in [0.15, 0.2) is 0 Å². The van der Waals surface area contributed by atoms with E-state index in [1.54, 1.807) is 9.58 Å². The van der Waals surface area contributed by atoms with Crippen LogP contribution >= 0.6 is 0 Å². The summed E-state index contributed by atoms with van der Waals surface area (Å²) in [6.07, 6.45) is -2.49. The maximum absolute atomic E-state index is 12.2. The predicted molar refractivity (Wildman–Crippen MR) is 113 cm³/mol. The smallest absolute Gasteiger partial charge is 0.475 e. The van der Waals surface area contributed by atoms with Crippen molar-refractivity contribution in [2.45, 2.75) is 43.7 Å². The summed E-state index contributed by atoms with van der Waals surface area (Å²) in [4.78, 5) is 45.5. The summed E-state index contributed by atoms with van der Waals surface area (Å²) in [6, 6.07) is 5.88. The number of hydrogen-bond acceptors (Lipinski definition) is 5. The van der Waals surface area contributed by atoms with Gasteiger partial charge < -0.3 is 15.7 Å². The average Bonchev–Trinajstić information content (AvgIpc) is 3.09. The molecule has 1 atom stereocenters. The number of aliphatic carboxylic acids is 1. The summed E-state index contributed by atoms with van der Waals surface area (Å²) in [5.74, 6) is -3.27. The van der Waals surface area contributed by atoms with Gasteiger partial charge in [0, 0.05) is 31.9 Å². The summed E-state index contributed by atoms with van der Waals surface area (Å²) in [5, 5.41) is 15.1. The number of fused-ring (bicyclic) bond motifs is 1. The number of nitrogens with zero attached hydrogens (tertiary/aromatic N) is 3. The van der Waals surface area contributed by atoms with Crippen LogP contribution in [-0.4, -0.2) is 62.9 Å². The highest BCUT2D eigenvalue weighted by atomic mass is 19.4. The lowest BCUT2D eigenvalue weighted by Gasteiger charge is -2.31. The number of carboxylic acids is 1. The molecule has 10 nitrogen and oxygen atoms in total. The van der Waals surface area contributed by atoms with Gasteiger partial charge >= 0.3 is 18.2 Å². The van der Waals surface area contributed by atoms with E-state index >= 15 is 0 Å². The minimum atomic E-state index is -5.08. The van der Waals surface area contributed by atoms with Crippen LogP contribution in [0, 0.1) is 0 Å². The van der Waals surface area contributed by atoms with E-state index in [2.05, 4.69) is 22.5 Å². The lowest BCUT2D eigenvalue weighted by atomic mass is 9.88. The number of nitrogens with one attached hydrogen (secondary N) is 1. The number of aryl methyl sites for hydroxylation is 1. The van der Waals surface area contributed by atoms with E-state index in [0.717, 1.165) is 29.4 Å². The number of carboxylic acid groups (broad SMARTS) is 1. The Balaban J connectivity index is 0.000000406. The van der Waals surface area contributed by atoms with Crippen molar-refractivity contribution in [1.82, 2.24) is 20.0 Å². The molecule has 2 aliphatic heterocycles. The second-order valence-corrected chi connectivity index (χ2v) is 8.19. The van der Waals surface area contributed by atoms with Gasteiger partial charge in [0.1, 0.15) is 0 Å². The molecule has 4 N–H and O–H groups in total. The zero-order valence-corrected chi connectivity index (χ0v) is 18.3. The second kappa shape index (κ2) is 9.69. The summed E-state index contributed by atoms with van der Waals surface area (Å²) in [5.41, 5.74) is 8.28. The highest BCUT2D eigenvalue weighted by molar-refractivity contribution is 6.02. The van der Waals surface area contributed by atoms with E-state index in [9.17, 15) is 27.6 Å². The third kappa shape index (κ3) is 5.46. The summed E-state index contributed by atoms with van der Waals surface area (Å²) < 4.78 is 33.5. The van der Waals surface area contributed by atoms with Crippen LogP contribution in [0.5, 0.6) is 0 Å². The minimum absolute atomic E-state index is 0.221. The molecule has 1 aromatic carbocycles. The van der Waals surface area contributed by atoms with Crippen LogP contribution in [0.4, 0.5) is 18.0 Å². The van der Waals surface area contributed by atoms with Gasteiger partial charge in [-0.05, 0) is 36.8 Å². The number of urea groups is 1. The third-order valence-corrected chi connectivity index (χ3v) is 5.99. The lowest BCUT2D eigenvalue weighted by molar-refractivity contribution is -0.192. The van der Waals surface area contributed by atoms with Crippen LogP contribution in [0.1, 0.15) is 48.8 Å². The molecule has 0 saturated carbocycles. The standard InChI is InChI=1S/C19H23N5O3.C2HF3O2/c1-23-15-10-12(11-6-8-24(9-7-11)19(20)27)2-3-13(15)17(22-23)14-4-5-16(25)21-18(14)26;3-2(4,5)1(6)7/h2-3,10-11,14H,4-9H2,1H3,(H2,20,27)(H,21,25,26);(H,6,7). The molecule has 0 radical (unpaired) electrons. The van der Waals surface area contributed by atoms with E-state index in [-0.39, 0.29) is 17.8 Å². The number of rotatable bonds is 2. The molecule has 0 bridgehead atoms. The van der Waals surface area contributed by atoms with Crippen molar-refractivity contribution in [2.24, 2.45) is 12.8 Å². The van der Waals surface area contributed by atoms with Gasteiger partial charge in [-0.25, -0.2) is 9.59 Å². The number of primary amides is 1. The van der Waals surface area contributed by atoms with Gasteiger partial charge in [-0.3, -0.25) is 19.6 Å². The quantitative estimate of drug-likeness (QED) is 0.557. The largest absolute Gasteiger partial charge is 0.490 e. The number of imide groups is 1. The van der Waals surface area contributed by atoms with E-state index < -0.39 is 18.1 Å². The fraction of sp³-hybridized carbons (Fsp3) is 0.476. The zero-order valence-electron chi connectivity index (χ0n) is 18.3. The maximum atomic E-state index is 12.2. The number of carbonyl (C=O) groups excluding carboxylic acids is 3. The Morgan fingerprint density at radius 3 is 2.32 bits per heavy atom. The van der Waals surface area contributed by atoms with E-state index in [1.165, 1.54) is 5.56 Å². The number of hydrogen-bond donors (Lipinski definition) is 3. The molecule has 2 saturated heterocycles. The first-order valence-electron chi connectivity index (χ1n) is 10.5. The predicted octanol–water partition coefficient (Wildman–Crippen LogP) is 1.98. The lowest BCUT2D eigenvalue weighted by Crippen LogP contribution is -2.41. The first-order valence-corrected chi connectivity index (χ1v) is 10.5. The number of amides is 4. The van der Waals surface area contributed by atoms with Gasteiger partial charge in [-0.1, -0.05) is 12.1 Å². The van der Waals surface area contributed by atoms with Crippen molar-refractivity contribution in [3.05, 3.63) is 29.5 Å². The van der Waals surface area contributed by atoms with Crippen molar-refractivity contribution < 1.29 is 37.5 Å². The van der Waals surface area contributed by atoms with Gasteiger partial charge in [-0.2, -0.15) is 18.3 Å². The van der Waals surface area contributed by atoms with Crippen LogP contribution in [-0.2, 0) is 21.4 Å². The topological polar surface area (TPSA) is 148 Å². The summed E-state index contributed by atoms with van der Waals surface area (Å²) in [7, 11) is 1.87. The van der Waals surface area contributed by atoms with Crippen molar-refractivity contribution in [3.8, 4) is 0 Å². The minimum Gasteiger partial charge on any atom is -0.475 e. The number of benzene rings is 1. The van der Waals surface area contributed by atoms with Gasteiger partial charge in [0.25, 0.3) is 0 Å². The molecule has 34 heavy (non-hydrogen) atoms. The molecule has 4 rings (SSSR count). The highest BCUT2D eigenvalue weighted by Gasteiger charge is 2.38. The Hall–Kier alpha value is -3.64. The molecule has 0 aliphatic carbocycles. The number of piperidine rings is 2. The second-order valence-electron chi connectivity index (χ2n) is 8.19. The molecule has 13 heteroatoms. The molecule has 0 spiro atoms. The molecule has 184 valence electrons. The average molecular weight is 483 g/mol. The van der Waals surface area contributed by atoms with Crippen molar-refractivity contribution >= 4 is 34.7 Å². The Labute approximate surface area is 191 Å². The van der Waals surface area contributed by atoms with Gasteiger partial charge in [0.05, 0.1) is 17.1 Å². The molecule has 1 unspecified atom stereocenters. The molecule has 1 aromatic heterocycles. The monoisotopic (exact) mass is 483 g/mol. The van der Waals surface area contributed by atoms with Crippen molar-refractivity contribution in [2.75, 3.05) is 13.1 Å². The highest BCUT2D eigenvalue weighted by Crippen LogP contribution is 2.34. The summed E-state index contributed by atoms with van der Waals surface area (Å²) >= 11 is 0. The normalized spacial score (nSPS) is 19.4. The fourth-order valence-corrected chi connectivity index (χ4v) is 4.20. The molecule has 3 heterocycles. The molecule has 2 fully saturated rings. The zero-order chi connectivity index (χ0) is 25.2. The van der Waals surface area contributed by atoms with Crippen LogP contribution in [0.3, 0.4) is 0 Å². The molecule has 2 aliphatic rings. The van der Waals surface area contributed by atoms with E-state index in [4.69, 9.17) is 15.6 Å². The number of carbonyl (C=O) groups is 4. The Morgan fingerprint density at radius 2 is 1.79 bits per heavy atom.